The van der Waals surface area contributed by atoms with Gasteiger partial charge in [-0.3, -0.25) is 56.6 Å². The third kappa shape index (κ3) is 17.4. The van der Waals surface area contributed by atoms with Gasteiger partial charge < -0.3 is 61.5 Å². The molecule has 652 valence electrons. The van der Waals surface area contributed by atoms with Crippen molar-refractivity contribution in [2.24, 2.45) is 0 Å². The van der Waals surface area contributed by atoms with E-state index in [4.69, 9.17) is 86.8 Å². The second kappa shape index (κ2) is 37.7. The third-order valence-corrected chi connectivity index (χ3v) is 23.3. The molecule has 0 saturated carbocycles. The first-order valence-electron chi connectivity index (χ1n) is 38.6. The van der Waals surface area contributed by atoms with Crippen LogP contribution in [0.25, 0.3) is 66.4 Å². The molecule has 4 saturated heterocycles. The summed E-state index contributed by atoms with van der Waals surface area (Å²) in [6, 6.07) is 14.3. The van der Waals surface area contributed by atoms with Crippen molar-refractivity contribution in [1.29, 1.82) is 0 Å². The van der Waals surface area contributed by atoms with E-state index in [1.165, 1.54) is 89.1 Å². The molecule has 12 heterocycles. The van der Waals surface area contributed by atoms with Crippen LogP contribution in [-0.4, -0.2) is 211 Å². The predicted molar refractivity (Wildman–Crippen MR) is 480 cm³/mol. The summed E-state index contributed by atoms with van der Waals surface area (Å²) in [4.78, 5) is 149. The fourth-order valence-electron chi connectivity index (χ4n) is 15.3. The molecule has 8 aromatic heterocycles. The number of aromatic nitrogens is 12. The summed E-state index contributed by atoms with van der Waals surface area (Å²) < 4.78 is 63.5. The highest BCUT2D eigenvalue weighted by Crippen LogP contribution is 2.40. The highest BCUT2D eigenvalue weighted by molar-refractivity contribution is 6.37. The van der Waals surface area contributed by atoms with Crippen LogP contribution in [0.1, 0.15) is 22.8 Å². The summed E-state index contributed by atoms with van der Waals surface area (Å²) in [5.74, 6) is -2.11. The van der Waals surface area contributed by atoms with Gasteiger partial charge in [-0.15, -0.1) is 0 Å². The van der Waals surface area contributed by atoms with Crippen LogP contribution < -0.4 is 59.0 Å². The van der Waals surface area contributed by atoms with Gasteiger partial charge in [-0.05, 0) is 113 Å². The number of nitrogen functional groups attached to an aromatic ring is 3. The number of rotatable bonds is 12. The SMILES string of the molecule is C=CC(=O)N1CCN(c2ncnc3c(=O)n(-c4c(F)ccc(Cl)c4N)c(C)cc23)CC1.C=CC(=O)N1CCN(c2ncnc3c(=O)n(-c4c(N)c(Cl)cc(Cl)c4F)c(C)cc23)CC1.C=CC(=O)N1CCN(c2ncnc3c(=O)n(-c4c(N)ccc(Cl)c4F)c(C)cc23)CC1.C=CC(=O)N1CCN(c2ncnc3c(=O)n(-c4c(O)c(Cl)cc(Cl)c4F)c(C)cc23)CC1. The number of aromatic hydroxyl groups is 1. The number of carbonyl (C=O) groups excluding carboxylic acids is 4. The monoisotopic (exact) mass is 1840 g/mol. The molecule has 4 aliphatic heterocycles. The van der Waals surface area contributed by atoms with E-state index in [0.717, 1.165) is 15.2 Å². The second-order valence-corrected chi connectivity index (χ2v) is 31.4. The number of aryl methyl sites for hydroxylation is 4. The molecule has 126 heavy (non-hydrogen) atoms. The number of nitrogens with zero attached hydrogens (tertiary/aromatic N) is 20. The lowest BCUT2D eigenvalue weighted by Gasteiger charge is -2.35. The van der Waals surface area contributed by atoms with Gasteiger partial charge in [0.15, 0.2) is 23.2 Å². The molecule has 12 aromatic rings. The van der Waals surface area contributed by atoms with Gasteiger partial charge in [0.1, 0.15) is 99.2 Å². The van der Waals surface area contributed by atoms with Crippen molar-refractivity contribution in [3.05, 3.63) is 254 Å². The quantitative estimate of drug-likeness (QED) is 0.0382. The van der Waals surface area contributed by atoms with E-state index < -0.39 is 56.9 Å². The first kappa shape index (κ1) is 90.5. The highest BCUT2D eigenvalue weighted by atomic mass is 35.5. The van der Waals surface area contributed by atoms with Gasteiger partial charge in [-0.2, -0.15) is 0 Å². The van der Waals surface area contributed by atoms with Crippen LogP contribution in [0.3, 0.4) is 0 Å². The minimum Gasteiger partial charge on any atom is -0.504 e. The maximum absolute atomic E-state index is 14.9. The zero-order valence-electron chi connectivity index (χ0n) is 67.7. The van der Waals surface area contributed by atoms with Crippen molar-refractivity contribution in [2.75, 3.05) is 142 Å². The predicted octanol–water partition coefficient (Wildman–Crippen LogP) is 10.6. The number of pyridine rings is 4. The first-order valence-corrected chi connectivity index (χ1v) is 40.8. The van der Waals surface area contributed by atoms with Gasteiger partial charge in [0.05, 0.1) is 68.7 Å². The number of hydrogen-bond donors (Lipinski definition) is 4. The molecule has 32 nitrogen and oxygen atoms in total. The Morgan fingerprint density at radius 3 is 0.944 bits per heavy atom. The van der Waals surface area contributed by atoms with Gasteiger partial charge >= 0.3 is 0 Å². The Bertz CT molecular complexity index is 6320. The van der Waals surface area contributed by atoms with Crippen molar-refractivity contribution < 1.29 is 41.8 Å². The summed E-state index contributed by atoms with van der Waals surface area (Å²) in [6.45, 7) is 28.9. The molecule has 4 fully saturated rings. The van der Waals surface area contributed by atoms with Crippen LogP contribution in [0.15, 0.2) is 156 Å². The summed E-state index contributed by atoms with van der Waals surface area (Å²) in [5, 5.41) is 11.7. The number of phenols is 1. The number of benzene rings is 4. The largest absolute Gasteiger partial charge is 0.504 e. The van der Waals surface area contributed by atoms with Crippen LogP contribution >= 0.6 is 69.6 Å². The van der Waals surface area contributed by atoms with Crippen molar-refractivity contribution in [3.8, 4) is 28.5 Å². The van der Waals surface area contributed by atoms with Crippen molar-refractivity contribution >= 4 is 177 Å². The Morgan fingerprint density at radius 1 is 0.349 bits per heavy atom. The maximum atomic E-state index is 14.9. The van der Waals surface area contributed by atoms with Gasteiger partial charge in [0.2, 0.25) is 23.6 Å². The Hall–Kier alpha value is -13.3. The van der Waals surface area contributed by atoms with Crippen molar-refractivity contribution in [1.82, 2.24) is 77.7 Å². The number of phenolic OH excluding ortho intramolecular Hbond substituents is 1. The van der Waals surface area contributed by atoms with Crippen LogP contribution in [0.2, 0.25) is 30.1 Å². The smallest absolute Gasteiger partial charge is 0.282 e. The van der Waals surface area contributed by atoms with Crippen LogP contribution in [0.5, 0.6) is 5.75 Å². The lowest BCUT2D eigenvalue weighted by atomic mass is 10.1. The van der Waals surface area contributed by atoms with Crippen LogP contribution in [0.4, 0.5) is 57.9 Å². The minimum atomic E-state index is -0.976. The van der Waals surface area contributed by atoms with Crippen molar-refractivity contribution in [3.63, 3.8) is 0 Å². The van der Waals surface area contributed by atoms with Crippen LogP contribution in [-0.2, 0) is 19.2 Å². The molecule has 0 unspecified atom stereocenters. The maximum Gasteiger partial charge on any atom is 0.282 e. The summed E-state index contributed by atoms with van der Waals surface area (Å²) >= 11 is 35.8. The van der Waals surface area contributed by atoms with E-state index in [1.54, 1.807) is 71.6 Å². The van der Waals surface area contributed by atoms with Crippen LogP contribution in [0, 0.1) is 51.0 Å². The number of carbonyl (C=O) groups is 4. The van der Waals surface area contributed by atoms with E-state index >= 15 is 0 Å². The standard InChI is InChI=1S/C21H19Cl2FN6O2.C21H18Cl2FN5O3.2C21H20ClFN6O2/c1-3-15(31)28-4-6-29(7-5-28)20-12-8-11(2)30(21(32)18(12)26-10-27-20)19-16(24)13(22)9-14(23)17(19)25;1-3-15(30)27-4-6-28(7-5-27)20-12-8-11(2)29(21(32)17(12)25-10-26-20)18-16(24)13(22)9-14(23)19(18)31;1-3-16(30)27-6-8-28(9-7-27)20-13-10-12(2)29(21(31)18(13)25-11-26-20)19-15(24)5-4-14(22)17(19)23;1-3-16(30)27-6-8-28(9-7-27)20-13-10-12(2)29(21(31)18(13)25-11-26-20)19-15(23)5-4-14(22)17(19)24/h3,8-10H,1,4-7,25H2,2H3;3,8-10,31H,1,4-7H2,2H3;2*3-5,10-11H,1,6-9,24H2,2H3. The van der Waals surface area contributed by atoms with E-state index in [2.05, 4.69) is 66.2 Å². The average molecular weight is 1840 g/mol. The molecule has 42 heteroatoms. The van der Waals surface area contributed by atoms with E-state index in [0.29, 0.717) is 172 Å². The number of halogens is 10. The lowest BCUT2D eigenvalue weighted by molar-refractivity contribution is -0.127. The number of piperazine rings is 4. The molecule has 4 aromatic carbocycles. The summed E-state index contributed by atoms with van der Waals surface area (Å²) in [6.07, 6.45) is 10.3. The van der Waals surface area contributed by atoms with Crippen molar-refractivity contribution in [2.45, 2.75) is 27.7 Å². The molecule has 0 radical (unpaired) electrons. The molecular weight excluding hydrogens is 1760 g/mol. The molecule has 0 spiro atoms. The second-order valence-electron chi connectivity index (χ2n) is 29.0. The fraction of sp³-hybridized carbons (Fsp3) is 0.238. The van der Waals surface area contributed by atoms with E-state index in [1.807, 2.05) is 19.6 Å². The molecule has 0 atom stereocenters. The summed E-state index contributed by atoms with van der Waals surface area (Å²) in [7, 11) is 0. The molecule has 7 N–H and O–H groups in total. The molecule has 4 amide bonds. The fourth-order valence-corrected chi connectivity index (χ4v) is 16.5. The minimum absolute atomic E-state index is 0.0245. The number of fused-ring (bicyclic) bond motifs is 4. The Kier molecular flexibility index (Phi) is 27.0. The number of nitrogens with two attached hydrogens (primary N) is 3. The molecule has 4 aliphatic rings. The van der Waals surface area contributed by atoms with E-state index in [-0.39, 0.29) is 110 Å². The lowest BCUT2D eigenvalue weighted by Crippen LogP contribution is -2.48. The molecular formula is C84H77Cl6F4N23O9. The van der Waals surface area contributed by atoms with E-state index in [9.17, 15) is 61.0 Å². The highest BCUT2D eigenvalue weighted by Gasteiger charge is 2.32. The Morgan fingerprint density at radius 2 is 0.619 bits per heavy atom. The topological polar surface area (TPSA) is 384 Å². The zero-order chi connectivity index (χ0) is 90.9. The van der Waals surface area contributed by atoms with Gasteiger partial charge in [-0.25, -0.2) is 57.4 Å². The van der Waals surface area contributed by atoms with Gasteiger partial charge in [0.25, 0.3) is 22.2 Å². The summed E-state index contributed by atoms with van der Waals surface area (Å²) in [5.41, 5.74) is 16.8. The van der Waals surface area contributed by atoms with Gasteiger partial charge in [-0.1, -0.05) is 95.9 Å². The third-order valence-electron chi connectivity index (χ3n) is 21.6. The molecule has 16 rings (SSSR count). The average Bonchev–Trinajstić information content (AvgIpc) is 0.781. The normalized spacial score (nSPS) is 14.1. The first-order chi connectivity index (χ1) is 60.1. The number of hydrogen-bond acceptors (Lipinski definition) is 24. The Labute approximate surface area is 744 Å². The molecule has 0 bridgehead atoms. The number of amides is 4. The van der Waals surface area contributed by atoms with Gasteiger partial charge in [0, 0.05) is 127 Å². The molecule has 0 aliphatic carbocycles. The Balaban J connectivity index is 0.000000144. The zero-order valence-corrected chi connectivity index (χ0v) is 72.2. The number of anilines is 7.